The van der Waals surface area contributed by atoms with E-state index in [9.17, 15) is 4.79 Å². The van der Waals surface area contributed by atoms with E-state index < -0.39 is 5.54 Å². The highest BCUT2D eigenvalue weighted by Crippen LogP contribution is 2.17. The number of benzene rings is 1. The summed E-state index contributed by atoms with van der Waals surface area (Å²) in [6, 6.07) is 7.84. The minimum absolute atomic E-state index is 0.176. The van der Waals surface area contributed by atoms with Crippen LogP contribution < -0.4 is 11.1 Å². The SMILES string of the molecule is CC(C)c1ccc(NC(=O)C(C)(C)N)cc1. The number of rotatable bonds is 3. The molecule has 0 radical (unpaired) electrons. The molecule has 0 aliphatic carbocycles. The Morgan fingerprint density at radius 1 is 1.25 bits per heavy atom. The lowest BCUT2D eigenvalue weighted by Crippen LogP contribution is -2.45. The van der Waals surface area contributed by atoms with Gasteiger partial charge in [-0.25, -0.2) is 0 Å². The van der Waals surface area contributed by atoms with E-state index in [-0.39, 0.29) is 5.91 Å². The lowest BCUT2D eigenvalue weighted by Gasteiger charge is -2.18. The average Bonchev–Trinajstić information content (AvgIpc) is 2.17. The molecule has 0 saturated heterocycles. The summed E-state index contributed by atoms with van der Waals surface area (Å²) in [7, 11) is 0. The van der Waals surface area contributed by atoms with Crippen LogP contribution in [0.1, 0.15) is 39.2 Å². The van der Waals surface area contributed by atoms with Crippen molar-refractivity contribution in [3.05, 3.63) is 29.8 Å². The van der Waals surface area contributed by atoms with E-state index in [0.29, 0.717) is 5.92 Å². The molecule has 0 saturated carbocycles. The summed E-state index contributed by atoms with van der Waals surface area (Å²) in [5.74, 6) is 0.320. The third-order valence-corrected chi connectivity index (χ3v) is 2.42. The summed E-state index contributed by atoms with van der Waals surface area (Å²) < 4.78 is 0. The second-order valence-corrected chi connectivity index (χ2v) is 4.95. The molecule has 1 aromatic rings. The molecule has 0 heterocycles. The molecule has 3 nitrogen and oxygen atoms in total. The van der Waals surface area contributed by atoms with E-state index in [1.807, 2.05) is 24.3 Å². The second kappa shape index (κ2) is 4.66. The van der Waals surface area contributed by atoms with Gasteiger partial charge in [-0.3, -0.25) is 4.79 Å². The molecule has 3 N–H and O–H groups in total. The van der Waals surface area contributed by atoms with Gasteiger partial charge in [0.25, 0.3) is 0 Å². The van der Waals surface area contributed by atoms with Crippen LogP contribution in [0.2, 0.25) is 0 Å². The summed E-state index contributed by atoms with van der Waals surface area (Å²) >= 11 is 0. The van der Waals surface area contributed by atoms with Gasteiger partial charge in [0.1, 0.15) is 0 Å². The van der Waals surface area contributed by atoms with E-state index in [2.05, 4.69) is 19.2 Å². The molecule has 0 aliphatic rings. The van der Waals surface area contributed by atoms with Gasteiger partial charge in [0.15, 0.2) is 0 Å². The van der Waals surface area contributed by atoms with Crippen LogP contribution in [-0.4, -0.2) is 11.4 Å². The summed E-state index contributed by atoms with van der Waals surface area (Å²) in [5.41, 5.74) is 6.88. The third kappa shape index (κ3) is 3.35. The fourth-order valence-electron chi connectivity index (χ4n) is 1.24. The number of nitrogens with one attached hydrogen (secondary N) is 1. The van der Waals surface area contributed by atoms with Gasteiger partial charge >= 0.3 is 0 Å². The van der Waals surface area contributed by atoms with Crippen LogP contribution in [0.25, 0.3) is 0 Å². The Labute approximate surface area is 97.0 Å². The van der Waals surface area contributed by atoms with Gasteiger partial charge in [-0.1, -0.05) is 26.0 Å². The first-order valence-corrected chi connectivity index (χ1v) is 5.51. The van der Waals surface area contributed by atoms with E-state index in [4.69, 9.17) is 5.73 Å². The Balaban J connectivity index is 2.73. The molecule has 0 atom stereocenters. The maximum Gasteiger partial charge on any atom is 0.243 e. The molecule has 0 aromatic heterocycles. The number of carbonyl (C=O) groups is 1. The number of carbonyl (C=O) groups excluding carboxylic acids is 1. The Hall–Kier alpha value is -1.35. The molecule has 0 aliphatic heterocycles. The summed E-state index contributed by atoms with van der Waals surface area (Å²) in [6.45, 7) is 7.64. The van der Waals surface area contributed by atoms with Gasteiger partial charge in [0.2, 0.25) is 5.91 Å². The van der Waals surface area contributed by atoms with Gasteiger partial charge in [-0.05, 0) is 37.5 Å². The topological polar surface area (TPSA) is 55.1 Å². The summed E-state index contributed by atoms with van der Waals surface area (Å²) in [5, 5.41) is 2.78. The van der Waals surface area contributed by atoms with Gasteiger partial charge in [-0.2, -0.15) is 0 Å². The summed E-state index contributed by atoms with van der Waals surface area (Å²) in [6.07, 6.45) is 0. The molecular weight excluding hydrogens is 200 g/mol. The maximum atomic E-state index is 11.6. The predicted molar refractivity (Wildman–Crippen MR) is 67.4 cm³/mol. The Kier molecular flexibility index (Phi) is 3.70. The third-order valence-electron chi connectivity index (χ3n) is 2.42. The zero-order chi connectivity index (χ0) is 12.3. The van der Waals surface area contributed by atoms with Crippen LogP contribution in [0.3, 0.4) is 0 Å². The Bertz CT molecular complexity index is 361. The smallest absolute Gasteiger partial charge is 0.243 e. The fraction of sp³-hybridized carbons (Fsp3) is 0.462. The number of amides is 1. The van der Waals surface area contributed by atoms with Crippen LogP contribution in [0.5, 0.6) is 0 Å². The van der Waals surface area contributed by atoms with Crippen molar-refractivity contribution in [1.82, 2.24) is 0 Å². The van der Waals surface area contributed by atoms with Crippen LogP contribution in [-0.2, 0) is 4.79 Å². The largest absolute Gasteiger partial charge is 0.325 e. The molecule has 88 valence electrons. The highest BCUT2D eigenvalue weighted by molar-refractivity contribution is 5.97. The van der Waals surface area contributed by atoms with E-state index in [1.165, 1.54) is 5.56 Å². The van der Waals surface area contributed by atoms with Gasteiger partial charge in [0.05, 0.1) is 5.54 Å². The van der Waals surface area contributed by atoms with Crippen molar-refractivity contribution in [3.63, 3.8) is 0 Å². The molecule has 0 fully saturated rings. The van der Waals surface area contributed by atoms with Crippen LogP contribution in [0.15, 0.2) is 24.3 Å². The molecule has 3 heteroatoms. The van der Waals surface area contributed by atoms with Crippen LogP contribution in [0.4, 0.5) is 5.69 Å². The molecular formula is C13H20N2O. The van der Waals surface area contributed by atoms with Crippen molar-refractivity contribution in [3.8, 4) is 0 Å². The van der Waals surface area contributed by atoms with Crippen LogP contribution in [0, 0.1) is 0 Å². The number of hydrogen-bond donors (Lipinski definition) is 2. The molecule has 0 spiro atoms. The lowest BCUT2D eigenvalue weighted by molar-refractivity contribution is -0.120. The number of anilines is 1. The molecule has 1 amide bonds. The Morgan fingerprint density at radius 3 is 2.12 bits per heavy atom. The quantitative estimate of drug-likeness (QED) is 0.822. The zero-order valence-corrected chi connectivity index (χ0v) is 10.4. The normalized spacial score (nSPS) is 11.6. The Morgan fingerprint density at radius 2 is 1.75 bits per heavy atom. The highest BCUT2D eigenvalue weighted by Gasteiger charge is 2.21. The zero-order valence-electron chi connectivity index (χ0n) is 10.4. The monoisotopic (exact) mass is 220 g/mol. The van der Waals surface area contributed by atoms with Gasteiger partial charge < -0.3 is 11.1 Å². The molecule has 0 unspecified atom stereocenters. The van der Waals surface area contributed by atoms with Crippen molar-refractivity contribution in [2.75, 3.05) is 5.32 Å². The molecule has 1 rings (SSSR count). The maximum absolute atomic E-state index is 11.6. The van der Waals surface area contributed by atoms with Gasteiger partial charge in [0, 0.05) is 5.69 Å². The molecule has 0 bridgehead atoms. The van der Waals surface area contributed by atoms with Crippen molar-refractivity contribution >= 4 is 11.6 Å². The van der Waals surface area contributed by atoms with Crippen molar-refractivity contribution < 1.29 is 4.79 Å². The minimum Gasteiger partial charge on any atom is -0.325 e. The average molecular weight is 220 g/mol. The van der Waals surface area contributed by atoms with Crippen molar-refractivity contribution in [2.24, 2.45) is 5.73 Å². The first-order valence-electron chi connectivity index (χ1n) is 5.51. The van der Waals surface area contributed by atoms with Crippen LogP contribution >= 0.6 is 0 Å². The molecule has 16 heavy (non-hydrogen) atoms. The van der Waals surface area contributed by atoms with E-state index in [1.54, 1.807) is 13.8 Å². The second-order valence-electron chi connectivity index (χ2n) is 4.95. The molecule has 1 aromatic carbocycles. The predicted octanol–water partition coefficient (Wildman–Crippen LogP) is 2.49. The fourth-order valence-corrected chi connectivity index (χ4v) is 1.24. The van der Waals surface area contributed by atoms with E-state index >= 15 is 0 Å². The first kappa shape index (κ1) is 12.7. The minimum atomic E-state index is -0.850. The first-order chi connectivity index (χ1) is 7.30. The van der Waals surface area contributed by atoms with Crippen molar-refractivity contribution in [2.45, 2.75) is 39.2 Å². The standard InChI is InChI=1S/C13H20N2O/c1-9(2)10-5-7-11(8-6-10)15-12(16)13(3,4)14/h5-9H,14H2,1-4H3,(H,15,16). The summed E-state index contributed by atoms with van der Waals surface area (Å²) in [4.78, 5) is 11.6. The van der Waals surface area contributed by atoms with Gasteiger partial charge in [-0.15, -0.1) is 0 Å². The van der Waals surface area contributed by atoms with E-state index in [0.717, 1.165) is 5.69 Å². The number of hydrogen-bond acceptors (Lipinski definition) is 2. The lowest BCUT2D eigenvalue weighted by atomic mass is 10.0. The highest BCUT2D eigenvalue weighted by atomic mass is 16.2. The van der Waals surface area contributed by atoms with Crippen molar-refractivity contribution in [1.29, 1.82) is 0 Å². The number of nitrogens with two attached hydrogens (primary N) is 1.